The molecule has 3 heteroatoms. The molecule has 8 aromatic rings. The van der Waals surface area contributed by atoms with E-state index in [1.165, 1.54) is 120 Å². The van der Waals surface area contributed by atoms with Crippen molar-refractivity contribution in [3.8, 4) is 33.4 Å². The summed E-state index contributed by atoms with van der Waals surface area (Å²) in [5.74, 6) is 0. The molecule has 3 aliphatic rings. The zero-order chi connectivity index (χ0) is 44.9. The fourth-order valence-electron chi connectivity index (χ4n) is 11.6. The summed E-state index contributed by atoms with van der Waals surface area (Å²) in [6.45, 7) is 19.5. The molecule has 1 N–H and O–H groups in total. The summed E-state index contributed by atoms with van der Waals surface area (Å²) in [5.41, 5.74) is 22.5. The van der Waals surface area contributed by atoms with Gasteiger partial charge in [0.2, 0.25) is 0 Å². The summed E-state index contributed by atoms with van der Waals surface area (Å²) in [7, 11) is 0.838. The first kappa shape index (κ1) is 41.4. The second-order valence-electron chi connectivity index (χ2n) is 22.0. The van der Waals surface area contributed by atoms with Gasteiger partial charge < -0.3 is 10.2 Å². The van der Waals surface area contributed by atoms with Gasteiger partial charge in [0.15, 0.2) is 7.28 Å². The van der Waals surface area contributed by atoms with E-state index in [0.29, 0.717) is 0 Å². The van der Waals surface area contributed by atoms with Crippen molar-refractivity contribution in [3.05, 3.63) is 186 Å². The molecule has 0 saturated heterocycles. The molecular formula is C62H61BN2. The Morgan fingerprint density at radius 2 is 0.985 bits per heavy atom. The van der Waals surface area contributed by atoms with Gasteiger partial charge >= 0.3 is 0 Å². The number of hydrogen-bond acceptors (Lipinski definition) is 2. The maximum atomic E-state index is 4.07. The molecule has 2 aliphatic carbocycles. The van der Waals surface area contributed by atoms with E-state index in [9.17, 15) is 0 Å². The summed E-state index contributed by atoms with van der Waals surface area (Å²) in [4.78, 5) is 2.60. The van der Waals surface area contributed by atoms with Gasteiger partial charge in [-0.05, 0) is 162 Å². The maximum Gasteiger partial charge on any atom is 0.198 e. The molecule has 8 aromatic carbocycles. The van der Waals surface area contributed by atoms with Crippen molar-refractivity contribution in [2.75, 3.05) is 10.2 Å². The van der Waals surface area contributed by atoms with Crippen LogP contribution in [0.5, 0.6) is 0 Å². The molecule has 65 heavy (non-hydrogen) atoms. The van der Waals surface area contributed by atoms with Crippen molar-refractivity contribution in [3.63, 3.8) is 0 Å². The van der Waals surface area contributed by atoms with Crippen molar-refractivity contribution < 1.29 is 0 Å². The Balaban J connectivity index is 1.17. The van der Waals surface area contributed by atoms with Gasteiger partial charge in [-0.3, -0.25) is 0 Å². The zero-order valence-corrected chi connectivity index (χ0v) is 39.6. The van der Waals surface area contributed by atoms with E-state index in [4.69, 9.17) is 0 Å². The van der Waals surface area contributed by atoms with Crippen LogP contribution in [-0.2, 0) is 21.7 Å². The highest BCUT2D eigenvalue weighted by Gasteiger charge is 2.41. The lowest BCUT2D eigenvalue weighted by Crippen LogP contribution is -2.43. The van der Waals surface area contributed by atoms with Crippen LogP contribution in [0, 0.1) is 0 Å². The van der Waals surface area contributed by atoms with Crippen LogP contribution in [0.1, 0.15) is 103 Å². The standard InChI is InChI=1S/C62H61BN2/c1-59(2)31-32-60(3,4)50-37-45(26-29-49(50)59)64-54-30-25-43(41-19-13-10-14-20-41)35-48(54)57-47-22-16-15-21-44(47)36-56-58(57)63-53-38-51-52(62(7,8)34-33-61(51,5)6)39-55(53)65(56)46-27-23-42(24-28-46)40-17-11-9-12-18-40/h9-30,35-39,63-64H,31-34H2,1-8H3. The summed E-state index contributed by atoms with van der Waals surface area (Å²) in [5, 5.41) is 6.58. The van der Waals surface area contributed by atoms with Gasteiger partial charge in [0.05, 0.1) is 0 Å². The molecule has 0 saturated carbocycles. The predicted octanol–water partition coefficient (Wildman–Crippen LogP) is 15.5. The Kier molecular flexibility index (Phi) is 9.63. The molecule has 0 radical (unpaired) electrons. The topological polar surface area (TPSA) is 15.3 Å². The highest BCUT2D eigenvalue weighted by Crippen LogP contribution is 2.51. The van der Waals surface area contributed by atoms with Crippen LogP contribution in [0.25, 0.3) is 44.2 Å². The first-order valence-corrected chi connectivity index (χ1v) is 24.0. The third-order valence-corrected chi connectivity index (χ3v) is 15.8. The lowest BCUT2D eigenvalue weighted by atomic mass is 9.55. The third kappa shape index (κ3) is 7.10. The van der Waals surface area contributed by atoms with Crippen LogP contribution in [-0.4, -0.2) is 7.28 Å². The van der Waals surface area contributed by atoms with Gasteiger partial charge in [-0.2, -0.15) is 0 Å². The Morgan fingerprint density at radius 1 is 0.446 bits per heavy atom. The number of nitrogens with zero attached hydrogens (tertiary/aromatic N) is 1. The largest absolute Gasteiger partial charge is 0.355 e. The Bertz CT molecular complexity index is 3140. The van der Waals surface area contributed by atoms with Crippen molar-refractivity contribution >= 4 is 57.4 Å². The minimum Gasteiger partial charge on any atom is -0.355 e. The lowest BCUT2D eigenvalue weighted by Gasteiger charge is -2.44. The molecule has 0 atom stereocenters. The quantitative estimate of drug-likeness (QED) is 0.168. The molecule has 2 nitrogen and oxygen atoms in total. The molecular weight excluding hydrogens is 784 g/mol. The van der Waals surface area contributed by atoms with Crippen LogP contribution in [0.2, 0.25) is 0 Å². The monoisotopic (exact) mass is 844 g/mol. The van der Waals surface area contributed by atoms with E-state index in [0.717, 1.165) is 18.7 Å². The second kappa shape index (κ2) is 15.1. The van der Waals surface area contributed by atoms with Gasteiger partial charge in [0, 0.05) is 34.0 Å². The zero-order valence-electron chi connectivity index (χ0n) is 39.6. The maximum absolute atomic E-state index is 4.07. The lowest BCUT2D eigenvalue weighted by molar-refractivity contribution is 0.332. The molecule has 0 amide bonds. The highest BCUT2D eigenvalue weighted by atomic mass is 15.1. The first-order chi connectivity index (χ1) is 31.2. The average molecular weight is 845 g/mol. The Hall–Kier alpha value is -6.32. The van der Waals surface area contributed by atoms with E-state index < -0.39 is 0 Å². The minimum absolute atomic E-state index is 0.0810. The molecule has 1 heterocycles. The van der Waals surface area contributed by atoms with E-state index in [-0.39, 0.29) is 21.7 Å². The number of rotatable bonds is 6. The second-order valence-corrected chi connectivity index (χ2v) is 22.0. The van der Waals surface area contributed by atoms with E-state index in [1.807, 2.05) is 0 Å². The number of hydrogen-bond donors (Lipinski definition) is 1. The summed E-state index contributed by atoms with van der Waals surface area (Å²) in [6.07, 6.45) is 4.74. The number of benzene rings is 8. The van der Waals surface area contributed by atoms with Gasteiger partial charge in [-0.15, -0.1) is 0 Å². The third-order valence-electron chi connectivity index (χ3n) is 15.8. The molecule has 322 valence electrons. The van der Waals surface area contributed by atoms with Crippen LogP contribution in [0.3, 0.4) is 0 Å². The Morgan fingerprint density at radius 3 is 1.65 bits per heavy atom. The van der Waals surface area contributed by atoms with Crippen LogP contribution in [0.4, 0.5) is 28.4 Å². The van der Waals surface area contributed by atoms with Gasteiger partial charge in [0.1, 0.15) is 0 Å². The summed E-state index contributed by atoms with van der Waals surface area (Å²) >= 11 is 0. The van der Waals surface area contributed by atoms with Gasteiger partial charge in [-0.25, -0.2) is 0 Å². The molecule has 0 bridgehead atoms. The van der Waals surface area contributed by atoms with Crippen molar-refractivity contribution in [2.45, 2.75) is 103 Å². The molecule has 11 rings (SSSR count). The summed E-state index contributed by atoms with van der Waals surface area (Å²) < 4.78 is 0. The SMILES string of the molecule is CC1(C)CCC(C)(C)c2cc(Nc3ccc(-c4ccccc4)cc3-c3c4c(cc5ccccc35)N(c3ccc(-c5ccccc5)cc3)c3cc5c(cc3B4)C(C)(C)CCC5(C)C)ccc21. The number of anilines is 5. The van der Waals surface area contributed by atoms with E-state index in [2.05, 4.69) is 229 Å². The first-order valence-electron chi connectivity index (χ1n) is 24.0. The normalized spacial score (nSPS) is 17.3. The number of fused-ring (bicyclic) bond motifs is 5. The summed E-state index contributed by atoms with van der Waals surface area (Å²) in [6, 6.07) is 61.9. The predicted molar refractivity (Wildman–Crippen MR) is 282 cm³/mol. The number of nitrogens with one attached hydrogen (secondary N) is 1. The fraction of sp³-hybridized carbons (Fsp3) is 0.258. The van der Waals surface area contributed by atoms with E-state index in [1.54, 1.807) is 0 Å². The van der Waals surface area contributed by atoms with Crippen LogP contribution >= 0.6 is 0 Å². The van der Waals surface area contributed by atoms with Crippen molar-refractivity contribution in [1.82, 2.24) is 0 Å². The Labute approximate surface area is 388 Å². The van der Waals surface area contributed by atoms with Crippen LogP contribution < -0.4 is 21.1 Å². The smallest absolute Gasteiger partial charge is 0.198 e. The van der Waals surface area contributed by atoms with Gasteiger partial charge in [0.25, 0.3) is 0 Å². The fourth-order valence-corrected chi connectivity index (χ4v) is 11.6. The molecule has 0 spiro atoms. The van der Waals surface area contributed by atoms with Crippen LogP contribution in [0.15, 0.2) is 164 Å². The molecule has 0 fully saturated rings. The highest BCUT2D eigenvalue weighted by molar-refractivity contribution is 6.73. The molecule has 1 aliphatic heterocycles. The molecule has 0 unspecified atom stereocenters. The van der Waals surface area contributed by atoms with E-state index >= 15 is 0 Å². The van der Waals surface area contributed by atoms with Gasteiger partial charge in [-0.1, -0.05) is 176 Å². The molecule has 0 aromatic heterocycles. The van der Waals surface area contributed by atoms with Crippen molar-refractivity contribution in [2.24, 2.45) is 0 Å². The minimum atomic E-state index is 0.0810. The van der Waals surface area contributed by atoms with Crippen molar-refractivity contribution in [1.29, 1.82) is 0 Å². The average Bonchev–Trinajstić information content (AvgIpc) is 3.31.